The first-order valence-electron chi connectivity index (χ1n) is 8.40. The summed E-state index contributed by atoms with van der Waals surface area (Å²) in [5.74, 6) is 2.02. The molecular weight excluding hydrogens is 330 g/mol. The molecule has 2 aromatic rings. The van der Waals surface area contributed by atoms with Crippen LogP contribution < -0.4 is 19.5 Å². The number of anilines is 1. The van der Waals surface area contributed by atoms with Gasteiger partial charge >= 0.3 is 0 Å². The Labute approximate surface area is 151 Å². The highest BCUT2D eigenvalue weighted by Gasteiger charge is 2.21. The Kier molecular flexibility index (Phi) is 3.92. The quantitative estimate of drug-likeness (QED) is 0.842. The van der Waals surface area contributed by atoms with E-state index in [-0.39, 0.29) is 18.3 Å². The van der Waals surface area contributed by atoms with E-state index in [1.54, 1.807) is 6.08 Å². The minimum Gasteiger partial charge on any atom is -0.483 e. The number of ether oxygens (including phenoxy) is 3. The second kappa shape index (κ2) is 6.26. The molecule has 1 amide bonds. The summed E-state index contributed by atoms with van der Waals surface area (Å²) < 4.78 is 16.5. The molecule has 0 spiro atoms. The van der Waals surface area contributed by atoms with Crippen molar-refractivity contribution in [3.05, 3.63) is 59.7 Å². The van der Waals surface area contributed by atoms with Gasteiger partial charge in [-0.15, -0.1) is 0 Å². The Morgan fingerprint density at radius 2 is 1.88 bits per heavy atom. The lowest BCUT2D eigenvalue weighted by atomic mass is 10.0. The van der Waals surface area contributed by atoms with Crippen LogP contribution in [0.1, 0.15) is 25.0 Å². The van der Waals surface area contributed by atoms with Gasteiger partial charge in [-0.05, 0) is 61.9 Å². The molecule has 26 heavy (non-hydrogen) atoms. The highest BCUT2D eigenvalue weighted by Crippen LogP contribution is 2.33. The Balaban J connectivity index is 1.44. The highest BCUT2D eigenvalue weighted by atomic mass is 16.7. The molecule has 0 saturated carbocycles. The maximum atomic E-state index is 12.2. The van der Waals surface area contributed by atoms with Crippen molar-refractivity contribution in [2.75, 3.05) is 12.1 Å². The number of nitrogens with one attached hydrogen (secondary N) is 1. The number of carbonyl (C=O) groups excluding carboxylic acids is 1. The second-order valence-electron chi connectivity index (χ2n) is 6.73. The molecule has 2 heterocycles. The number of fused-ring (bicyclic) bond motifs is 2. The summed E-state index contributed by atoms with van der Waals surface area (Å²) in [5, 5.41) is 2.86. The SMILES string of the molecule is CC1(C)C=Cc2cc(NC(=O)/C=C/c3ccc4c(c3)OCO4)ccc2O1. The molecule has 0 aliphatic carbocycles. The van der Waals surface area contributed by atoms with E-state index in [0.717, 1.165) is 28.3 Å². The topological polar surface area (TPSA) is 56.8 Å². The van der Waals surface area contributed by atoms with Crippen LogP contribution in [0.15, 0.2) is 48.6 Å². The van der Waals surface area contributed by atoms with Crippen LogP contribution in [0.25, 0.3) is 12.2 Å². The van der Waals surface area contributed by atoms with Crippen molar-refractivity contribution in [1.29, 1.82) is 0 Å². The van der Waals surface area contributed by atoms with E-state index in [0.29, 0.717) is 5.75 Å². The number of hydrogen-bond donors (Lipinski definition) is 1. The number of rotatable bonds is 3. The minimum absolute atomic E-state index is 0.205. The molecule has 0 unspecified atom stereocenters. The Hall–Kier alpha value is -3.21. The molecule has 5 heteroatoms. The lowest BCUT2D eigenvalue weighted by Crippen LogP contribution is -2.27. The first kappa shape index (κ1) is 16.3. The molecule has 4 rings (SSSR count). The lowest BCUT2D eigenvalue weighted by Gasteiger charge is -2.28. The standard InChI is InChI=1S/C21H19NO4/c1-21(2)10-9-15-12-16(5-7-17(15)26-21)22-20(23)8-4-14-3-6-18-19(11-14)25-13-24-18/h3-12H,13H2,1-2H3,(H,22,23)/b8-4+. The predicted molar refractivity (Wildman–Crippen MR) is 100 cm³/mol. The van der Waals surface area contributed by atoms with Gasteiger partial charge in [-0.25, -0.2) is 0 Å². The van der Waals surface area contributed by atoms with Crippen molar-refractivity contribution in [1.82, 2.24) is 0 Å². The van der Waals surface area contributed by atoms with Crippen LogP contribution in [-0.4, -0.2) is 18.3 Å². The minimum atomic E-state index is -0.314. The van der Waals surface area contributed by atoms with Gasteiger partial charge in [-0.1, -0.05) is 12.1 Å². The molecule has 0 aromatic heterocycles. The predicted octanol–water partition coefficient (Wildman–Crippen LogP) is 4.25. The van der Waals surface area contributed by atoms with Gasteiger partial charge in [0, 0.05) is 17.3 Å². The third kappa shape index (κ3) is 3.42. The fraction of sp³-hybridized carbons (Fsp3) is 0.190. The summed E-state index contributed by atoms with van der Waals surface area (Å²) in [6.45, 7) is 4.24. The molecule has 5 nitrogen and oxygen atoms in total. The van der Waals surface area contributed by atoms with Gasteiger partial charge in [-0.3, -0.25) is 4.79 Å². The molecule has 0 saturated heterocycles. The molecule has 0 atom stereocenters. The second-order valence-corrected chi connectivity index (χ2v) is 6.73. The Bertz CT molecular complexity index is 928. The fourth-order valence-electron chi connectivity index (χ4n) is 2.83. The summed E-state index contributed by atoms with van der Waals surface area (Å²) >= 11 is 0. The maximum absolute atomic E-state index is 12.2. The Morgan fingerprint density at radius 3 is 2.77 bits per heavy atom. The zero-order valence-corrected chi connectivity index (χ0v) is 14.6. The molecule has 2 aliphatic rings. The fourth-order valence-corrected chi connectivity index (χ4v) is 2.83. The zero-order chi connectivity index (χ0) is 18.1. The van der Waals surface area contributed by atoms with E-state index in [1.165, 1.54) is 6.08 Å². The largest absolute Gasteiger partial charge is 0.483 e. The van der Waals surface area contributed by atoms with Crippen LogP contribution in [0.4, 0.5) is 5.69 Å². The average Bonchev–Trinajstić information content (AvgIpc) is 3.07. The van der Waals surface area contributed by atoms with Gasteiger partial charge in [0.25, 0.3) is 0 Å². The van der Waals surface area contributed by atoms with E-state index >= 15 is 0 Å². The van der Waals surface area contributed by atoms with E-state index in [4.69, 9.17) is 14.2 Å². The maximum Gasteiger partial charge on any atom is 0.248 e. The van der Waals surface area contributed by atoms with Gasteiger partial charge in [0.1, 0.15) is 11.4 Å². The third-order valence-corrected chi connectivity index (χ3v) is 4.14. The number of amides is 1. The van der Waals surface area contributed by atoms with E-state index in [2.05, 4.69) is 5.32 Å². The number of benzene rings is 2. The summed E-state index contributed by atoms with van der Waals surface area (Å²) in [5.41, 5.74) is 2.22. The van der Waals surface area contributed by atoms with Crippen molar-refractivity contribution in [2.45, 2.75) is 19.4 Å². The first-order valence-corrected chi connectivity index (χ1v) is 8.40. The van der Waals surface area contributed by atoms with Crippen molar-refractivity contribution in [3.8, 4) is 17.2 Å². The molecule has 2 aromatic carbocycles. The summed E-state index contributed by atoms with van der Waals surface area (Å²) in [6.07, 6.45) is 7.24. The van der Waals surface area contributed by atoms with Crippen molar-refractivity contribution in [3.63, 3.8) is 0 Å². The molecular formula is C21H19NO4. The van der Waals surface area contributed by atoms with E-state index < -0.39 is 0 Å². The van der Waals surface area contributed by atoms with Crippen molar-refractivity contribution in [2.24, 2.45) is 0 Å². The van der Waals surface area contributed by atoms with Gasteiger partial charge in [0.05, 0.1) is 0 Å². The van der Waals surface area contributed by atoms with Gasteiger partial charge in [0.15, 0.2) is 11.5 Å². The molecule has 0 bridgehead atoms. The molecule has 0 fully saturated rings. The monoisotopic (exact) mass is 349 g/mol. The van der Waals surface area contributed by atoms with Crippen LogP contribution in [0, 0.1) is 0 Å². The van der Waals surface area contributed by atoms with Crippen molar-refractivity contribution < 1.29 is 19.0 Å². The van der Waals surface area contributed by atoms with Gasteiger partial charge in [-0.2, -0.15) is 0 Å². The molecule has 132 valence electrons. The number of carbonyl (C=O) groups is 1. The normalized spacial score (nSPS) is 16.2. The summed E-state index contributed by atoms with van der Waals surface area (Å²) in [6, 6.07) is 11.2. The molecule has 1 N–H and O–H groups in total. The van der Waals surface area contributed by atoms with E-state index in [1.807, 2.05) is 62.4 Å². The van der Waals surface area contributed by atoms with Crippen LogP contribution in [0.5, 0.6) is 17.2 Å². The summed E-state index contributed by atoms with van der Waals surface area (Å²) in [7, 11) is 0. The van der Waals surface area contributed by atoms with Crippen molar-refractivity contribution >= 4 is 23.7 Å². The van der Waals surface area contributed by atoms with Gasteiger partial charge in [0.2, 0.25) is 12.7 Å². The van der Waals surface area contributed by atoms with Gasteiger partial charge < -0.3 is 19.5 Å². The smallest absolute Gasteiger partial charge is 0.248 e. The van der Waals surface area contributed by atoms with Crippen LogP contribution in [0.2, 0.25) is 0 Å². The van der Waals surface area contributed by atoms with E-state index in [9.17, 15) is 4.79 Å². The number of hydrogen-bond acceptors (Lipinski definition) is 4. The summed E-state index contributed by atoms with van der Waals surface area (Å²) in [4.78, 5) is 12.2. The highest BCUT2D eigenvalue weighted by molar-refractivity contribution is 6.02. The molecule has 2 aliphatic heterocycles. The first-order chi connectivity index (χ1) is 12.5. The molecule has 0 radical (unpaired) electrons. The van der Waals surface area contributed by atoms with Crippen LogP contribution >= 0.6 is 0 Å². The zero-order valence-electron chi connectivity index (χ0n) is 14.6. The third-order valence-electron chi connectivity index (χ3n) is 4.14. The average molecular weight is 349 g/mol. The van der Waals surface area contributed by atoms with Crippen LogP contribution in [0.3, 0.4) is 0 Å². The Morgan fingerprint density at radius 1 is 1.08 bits per heavy atom. The lowest BCUT2D eigenvalue weighted by molar-refractivity contribution is -0.111. The van der Waals surface area contributed by atoms with Crippen LogP contribution in [-0.2, 0) is 4.79 Å².